The molecular weight excluding hydrogens is 488 g/mol. The minimum atomic E-state index is 0.269. The molecule has 3 N–H and O–H groups in total. The molecule has 0 saturated carbocycles. The van der Waals surface area contributed by atoms with E-state index in [-0.39, 0.29) is 6.10 Å². The van der Waals surface area contributed by atoms with E-state index in [0.717, 1.165) is 47.4 Å². The summed E-state index contributed by atoms with van der Waals surface area (Å²) in [5.41, 5.74) is 11.5. The van der Waals surface area contributed by atoms with E-state index in [9.17, 15) is 0 Å². The van der Waals surface area contributed by atoms with E-state index in [4.69, 9.17) is 15.5 Å². The van der Waals surface area contributed by atoms with Gasteiger partial charge in [0.2, 0.25) is 0 Å². The zero-order valence-corrected chi connectivity index (χ0v) is 22.4. The van der Waals surface area contributed by atoms with Crippen molar-refractivity contribution in [2.45, 2.75) is 32.4 Å². The number of hydrogen-bond acceptors (Lipinski definition) is 9. The Balaban J connectivity index is 1.13. The van der Waals surface area contributed by atoms with Crippen LogP contribution in [0.5, 0.6) is 0 Å². The van der Waals surface area contributed by atoms with Crippen LogP contribution in [0.2, 0.25) is 0 Å². The lowest BCUT2D eigenvalue weighted by Crippen LogP contribution is -2.51. The third-order valence-corrected chi connectivity index (χ3v) is 6.63. The number of anilines is 2. The summed E-state index contributed by atoms with van der Waals surface area (Å²) in [4.78, 5) is 16.2. The van der Waals surface area contributed by atoms with Gasteiger partial charge in [0.15, 0.2) is 5.82 Å². The Hall–Kier alpha value is -4.21. The molecule has 0 bridgehead atoms. The molecule has 3 aromatic heterocycles. The number of nitrogens with two attached hydrogens (primary N) is 1. The number of nitrogens with one attached hydrogen (secondary N) is 1. The van der Waals surface area contributed by atoms with Gasteiger partial charge in [-0.25, -0.2) is 4.98 Å². The second kappa shape index (κ2) is 12.6. The van der Waals surface area contributed by atoms with Crippen molar-refractivity contribution in [3.05, 3.63) is 89.9 Å². The van der Waals surface area contributed by atoms with Crippen molar-refractivity contribution in [3.63, 3.8) is 0 Å². The van der Waals surface area contributed by atoms with Crippen LogP contribution in [-0.4, -0.2) is 63.6 Å². The van der Waals surface area contributed by atoms with Gasteiger partial charge in [0.05, 0.1) is 36.5 Å². The van der Waals surface area contributed by atoms with Gasteiger partial charge in [-0.05, 0) is 41.3 Å². The van der Waals surface area contributed by atoms with Crippen LogP contribution in [0.25, 0.3) is 16.6 Å². The first kappa shape index (κ1) is 26.4. The molecule has 1 aromatic carbocycles. The molecule has 5 rings (SSSR count). The lowest BCUT2D eigenvalue weighted by Gasteiger charge is -2.38. The van der Waals surface area contributed by atoms with Gasteiger partial charge in [-0.2, -0.15) is 5.10 Å². The summed E-state index contributed by atoms with van der Waals surface area (Å²) in [6.45, 7) is 8.26. The number of pyridine rings is 2. The zero-order valence-electron chi connectivity index (χ0n) is 22.4. The lowest BCUT2D eigenvalue weighted by atomic mass is 10.1. The van der Waals surface area contributed by atoms with Crippen LogP contribution in [0.3, 0.4) is 0 Å². The number of allylic oxidation sites excluding steroid dienone is 1. The number of hydrogen-bond donors (Lipinski definition) is 2. The van der Waals surface area contributed by atoms with Crippen LogP contribution in [0.4, 0.5) is 11.6 Å². The first-order valence-electron chi connectivity index (χ1n) is 13.2. The summed E-state index contributed by atoms with van der Waals surface area (Å²) in [6.07, 6.45) is 7.14. The fourth-order valence-electron chi connectivity index (χ4n) is 4.37. The van der Waals surface area contributed by atoms with Gasteiger partial charge in [-0.15, -0.1) is 5.10 Å². The molecule has 0 atom stereocenters. The van der Waals surface area contributed by atoms with Crippen molar-refractivity contribution >= 4 is 34.5 Å². The molecule has 1 aliphatic heterocycles. The summed E-state index contributed by atoms with van der Waals surface area (Å²) in [7, 11) is 0. The first-order valence-corrected chi connectivity index (χ1v) is 13.2. The highest BCUT2D eigenvalue weighted by Crippen LogP contribution is 2.22. The largest absolute Gasteiger partial charge is 0.404 e. The Morgan fingerprint density at radius 3 is 2.74 bits per heavy atom. The number of aliphatic imine (C=N–C) groups is 1. The number of nitrogens with zero attached hydrogens (tertiary/aromatic N) is 6. The highest BCUT2D eigenvalue weighted by Gasteiger charge is 2.26. The van der Waals surface area contributed by atoms with Crippen molar-refractivity contribution in [2.24, 2.45) is 10.7 Å². The second-order valence-corrected chi connectivity index (χ2v) is 9.94. The number of fused-ring (bicyclic) bond motifs is 1. The molecule has 4 heterocycles. The molecule has 39 heavy (non-hydrogen) atoms. The van der Waals surface area contributed by atoms with Gasteiger partial charge >= 0.3 is 0 Å². The normalized spacial score (nSPS) is 14.8. The molecule has 0 unspecified atom stereocenters. The molecule has 4 aromatic rings. The van der Waals surface area contributed by atoms with Gasteiger partial charge in [-0.3, -0.25) is 14.9 Å². The highest BCUT2D eigenvalue weighted by molar-refractivity contribution is 6.10. The van der Waals surface area contributed by atoms with Crippen LogP contribution in [-0.2, 0) is 11.3 Å². The zero-order chi connectivity index (χ0) is 27.0. The summed E-state index contributed by atoms with van der Waals surface area (Å²) in [6, 6.07) is 18.3. The first-order chi connectivity index (χ1) is 19.1. The quantitative estimate of drug-likeness (QED) is 0.218. The molecule has 200 valence electrons. The van der Waals surface area contributed by atoms with E-state index in [1.165, 1.54) is 11.8 Å². The van der Waals surface area contributed by atoms with Crippen LogP contribution >= 0.6 is 0 Å². The molecule has 0 spiro atoms. The van der Waals surface area contributed by atoms with Gasteiger partial charge in [0.25, 0.3) is 0 Å². The molecule has 1 aliphatic rings. The SMILES string of the molecule is CC(C)c1cnnc(Nc2ccc3ncc(C(C=NCCOC4CN(Cc5ccccc5)C4)=CN)cc3n2)c1. The monoisotopic (exact) mass is 522 g/mol. The number of aromatic nitrogens is 4. The van der Waals surface area contributed by atoms with Crippen LogP contribution in [0.1, 0.15) is 36.5 Å². The Morgan fingerprint density at radius 2 is 1.95 bits per heavy atom. The average molecular weight is 523 g/mol. The van der Waals surface area contributed by atoms with Crippen molar-refractivity contribution in [2.75, 3.05) is 31.6 Å². The van der Waals surface area contributed by atoms with Crippen molar-refractivity contribution in [1.82, 2.24) is 25.1 Å². The molecule has 0 radical (unpaired) electrons. The van der Waals surface area contributed by atoms with E-state index in [1.807, 2.05) is 30.3 Å². The molecular formula is C30H34N8O. The molecule has 1 saturated heterocycles. The standard InChI is InChI=1S/C30H34N8O/c1-21(2)23-13-30(37-34-17-23)36-29-9-8-27-28(35-29)12-24(16-33-27)25(14-31)15-32-10-11-39-26-19-38(20-26)18-22-6-4-3-5-7-22/h3-9,12-17,21,26H,10-11,18-20,31H2,1-2H3,(H,35,36,37). The summed E-state index contributed by atoms with van der Waals surface area (Å²) in [5.74, 6) is 1.68. The minimum absolute atomic E-state index is 0.269. The smallest absolute Gasteiger partial charge is 0.154 e. The predicted octanol–water partition coefficient (Wildman–Crippen LogP) is 4.56. The van der Waals surface area contributed by atoms with E-state index >= 15 is 0 Å². The Bertz CT molecular complexity index is 1450. The summed E-state index contributed by atoms with van der Waals surface area (Å²) >= 11 is 0. The van der Waals surface area contributed by atoms with Crippen molar-refractivity contribution in [1.29, 1.82) is 0 Å². The Morgan fingerprint density at radius 1 is 1.10 bits per heavy atom. The third-order valence-electron chi connectivity index (χ3n) is 6.63. The van der Waals surface area contributed by atoms with Crippen LogP contribution in [0.15, 0.2) is 78.2 Å². The van der Waals surface area contributed by atoms with Gasteiger partial charge in [0, 0.05) is 49.4 Å². The van der Waals surface area contributed by atoms with Crippen molar-refractivity contribution < 1.29 is 4.74 Å². The van der Waals surface area contributed by atoms with Crippen molar-refractivity contribution in [3.8, 4) is 0 Å². The highest BCUT2D eigenvalue weighted by atomic mass is 16.5. The number of rotatable bonds is 11. The molecule has 0 aliphatic carbocycles. The van der Waals surface area contributed by atoms with Gasteiger partial charge in [0.1, 0.15) is 5.82 Å². The fourth-order valence-corrected chi connectivity index (χ4v) is 4.37. The second-order valence-electron chi connectivity index (χ2n) is 9.94. The van der Waals surface area contributed by atoms with E-state index in [0.29, 0.717) is 30.7 Å². The summed E-state index contributed by atoms with van der Waals surface area (Å²) in [5, 5.41) is 11.5. The fraction of sp³-hybridized carbons (Fsp3) is 0.300. The average Bonchev–Trinajstić information content (AvgIpc) is 2.93. The van der Waals surface area contributed by atoms with Gasteiger partial charge < -0.3 is 15.8 Å². The summed E-state index contributed by atoms with van der Waals surface area (Å²) < 4.78 is 5.96. The van der Waals surface area contributed by atoms with Crippen LogP contribution in [0, 0.1) is 0 Å². The van der Waals surface area contributed by atoms with E-state index in [2.05, 4.69) is 68.5 Å². The lowest BCUT2D eigenvalue weighted by molar-refractivity contribution is -0.0548. The third kappa shape index (κ3) is 7.01. The maximum atomic E-state index is 5.96. The molecule has 9 heteroatoms. The maximum absolute atomic E-state index is 5.96. The number of likely N-dealkylation sites (tertiary alicyclic amines) is 1. The number of benzene rings is 1. The molecule has 9 nitrogen and oxygen atoms in total. The maximum Gasteiger partial charge on any atom is 0.154 e. The number of ether oxygens (including phenoxy) is 1. The van der Waals surface area contributed by atoms with Gasteiger partial charge in [-0.1, -0.05) is 44.2 Å². The Kier molecular flexibility index (Phi) is 8.50. The predicted molar refractivity (Wildman–Crippen MR) is 156 cm³/mol. The minimum Gasteiger partial charge on any atom is -0.404 e. The topological polar surface area (TPSA) is 114 Å². The van der Waals surface area contributed by atoms with Crippen LogP contribution < -0.4 is 11.1 Å². The molecule has 1 fully saturated rings. The Labute approximate surface area is 228 Å². The van der Waals surface area contributed by atoms with E-state index < -0.39 is 0 Å². The molecule has 0 amide bonds. The van der Waals surface area contributed by atoms with E-state index in [1.54, 1.807) is 18.6 Å².